The maximum absolute atomic E-state index is 13.0. The van der Waals surface area contributed by atoms with E-state index in [9.17, 15) is 9.59 Å². The number of pyridine rings is 1. The molecule has 0 unspecified atom stereocenters. The van der Waals surface area contributed by atoms with Crippen LogP contribution in [0.4, 0.5) is 23.1 Å². The molecule has 2 amide bonds. The van der Waals surface area contributed by atoms with Gasteiger partial charge in [0.2, 0.25) is 17.8 Å². The van der Waals surface area contributed by atoms with Crippen molar-refractivity contribution in [2.24, 2.45) is 5.41 Å². The van der Waals surface area contributed by atoms with Crippen molar-refractivity contribution in [3.63, 3.8) is 0 Å². The SMILES string of the molecule is C=CC(=O)Nc1ccccc1Nc1ncc2cc(-c3cc(OC)cc(OC)c3)c(NC(=O)CC(C)(C)C)nc2n1. The molecule has 10 nitrogen and oxygen atoms in total. The highest BCUT2D eigenvalue weighted by Gasteiger charge is 2.20. The monoisotopic (exact) mass is 540 g/mol. The number of benzene rings is 2. The normalized spacial score (nSPS) is 11.0. The molecule has 2 aromatic heterocycles. The Bertz CT molecular complexity index is 1560. The first-order chi connectivity index (χ1) is 19.1. The van der Waals surface area contributed by atoms with Gasteiger partial charge in [-0.1, -0.05) is 39.5 Å². The number of amides is 2. The second-order valence-corrected chi connectivity index (χ2v) is 10.2. The van der Waals surface area contributed by atoms with Crippen LogP contribution < -0.4 is 25.4 Å². The lowest BCUT2D eigenvalue weighted by atomic mass is 9.92. The predicted octanol–water partition coefficient (Wildman–Crippen LogP) is 5.95. The molecular formula is C30H32N6O4. The third-order valence-electron chi connectivity index (χ3n) is 5.80. The van der Waals surface area contributed by atoms with Crippen molar-refractivity contribution in [2.75, 3.05) is 30.2 Å². The number of anilines is 4. The van der Waals surface area contributed by atoms with Crippen LogP contribution in [0.2, 0.25) is 0 Å². The van der Waals surface area contributed by atoms with Crippen molar-refractivity contribution < 1.29 is 19.1 Å². The van der Waals surface area contributed by atoms with Crippen LogP contribution in [0.1, 0.15) is 27.2 Å². The smallest absolute Gasteiger partial charge is 0.247 e. The van der Waals surface area contributed by atoms with Crippen molar-refractivity contribution in [3.05, 3.63) is 67.4 Å². The average Bonchev–Trinajstić information content (AvgIpc) is 2.92. The molecule has 206 valence electrons. The van der Waals surface area contributed by atoms with Crippen molar-refractivity contribution >= 4 is 46.0 Å². The Morgan fingerprint density at radius 2 is 1.62 bits per heavy atom. The van der Waals surface area contributed by atoms with Crippen LogP contribution in [0.5, 0.6) is 11.5 Å². The van der Waals surface area contributed by atoms with E-state index in [1.807, 2.05) is 45.0 Å². The number of carbonyl (C=O) groups is 2. The van der Waals surface area contributed by atoms with Gasteiger partial charge in [0.05, 0.1) is 25.6 Å². The minimum atomic E-state index is -0.340. The number of methoxy groups -OCH3 is 2. The summed E-state index contributed by atoms with van der Waals surface area (Å²) in [6.07, 6.45) is 3.14. The zero-order chi connectivity index (χ0) is 28.9. The first-order valence-electron chi connectivity index (χ1n) is 12.6. The van der Waals surface area contributed by atoms with Crippen LogP contribution in [-0.2, 0) is 9.59 Å². The minimum absolute atomic E-state index is 0.172. The minimum Gasteiger partial charge on any atom is -0.497 e. The fraction of sp³-hybridized carbons (Fsp3) is 0.233. The van der Waals surface area contributed by atoms with E-state index >= 15 is 0 Å². The van der Waals surface area contributed by atoms with Gasteiger partial charge in [0.1, 0.15) is 17.3 Å². The first-order valence-corrected chi connectivity index (χ1v) is 12.6. The van der Waals surface area contributed by atoms with Crippen LogP contribution in [0.15, 0.2) is 67.4 Å². The highest BCUT2D eigenvalue weighted by molar-refractivity contribution is 6.01. The molecule has 0 saturated heterocycles. The number of fused-ring (bicyclic) bond motifs is 1. The first kappa shape index (κ1) is 28.0. The Hall–Kier alpha value is -4.99. The van der Waals surface area contributed by atoms with Crippen LogP contribution in [0.3, 0.4) is 0 Å². The topological polar surface area (TPSA) is 127 Å². The van der Waals surface area contributed by atoms with Crippen LogP contribution in [0, 0.1) is 5.41 Å². The van der Waals surface area contributed by atoms with E-state index < -0.39 is 0 Å². The molecule has 2 heterocycles. The third-order valence-corrected chi connectivity index (χ3v) is 5.80. The molecule has 0 aliphatic rings. The van der Waals surface area contributed by atoms with E-state index in [0.29, 0.717) is 51.7 Å². The number of carbonyl (C=O) groups excluding carboxylic acids is 2. The molecular weight excluding hydrogens is 508 g/mol. The summed E-state index contributed by atoms with van der Waals surface area (Å²) in [6, 6.07) is 14.5. The summed E-state index contributed by atoms with van der Waals surface area (Å²) in [5.41, 5.74) is 2.69. The summed E-state index contributed by atoms with van der Waals surface area (Å²) in [5.74, 6) is 1.30. The van der Waals surface area contributed by atoms with Gasteiger partial charge in [-0.25, -0.2) is 9.97 Å². The second-order valence-electron chi connectivity index (χ2n) is 10.2. The Balaban J connectivity index is 1.78. The maximum Gasteiger partial charge on any atom is 0.247 e. The number of rotatable bonds is 9. The van der Waals surface area contributed by atoms with Gasteiger partial charge in [-0.2, -0.15) is 4.98 Å². The molecule has 4 rings (SSSR count). The molecule has 10 heteroatoms. The molecule has 4 aromatic rings. The van der Waals surface area contributed by atoms with E-state index in [4.69, 9.17) is 14.5 Å². The number of nitrogens with one attached hydrogen (secondary N) is 3. The van der Waals surface area contributed by atoms with Gasteiger partial charge in [-0.05, 0) is 47.4 Å². The molecule has 40 heavy (non-hydrogen) atoms. The highest BCUT2D eigenvalue weighted by Crippen LogP contribution is 2.35. The predicted molar refractivity (Wildman–Crippen MR) is 157 cm³/mol. The Morgan fingerprint density at radius 3 is 2.25 bits per heavy atom. The van der Waals surface area contributed by atoms with E-state index in [2.05, 4.69) is 32.5 Å². The zero-order valence-corrected chi connectivity index (χ0v) is 23.2. The summed E-state index contributed by atoms with van der Waals surface area (Å²) in [5, 5.41) is 9.51. The number of nitrogens with zero attached hydrogens (tertiary/aromatic N) is 3. The van der Waals surface area contributed by atoms with E-state index in [1.165, 1.54) is 6.08 Å². The van der Waals surface area contributed by atoms with Gasteiger partial charge in [0.15, 0.2) is 5.65 Å². The molecule has 0 saturated carbocycles. The van der Waals surface area contributed by atoms with Gasteiger partial charge >= 0.3 is 0 Å². The molecule has 0 aliphatic carbocycles. The standard InChI is InChI=1S/C30H32N6O4/c1-7-25(37)32-23-10-8-9-11-24(23)33-29-31-17-19-14-22(18-12-20(39-5)15-21(13-18)40-6)28(35-27(19)36-29)34-26(38)16-30(2,3)4/h7-15,17H,1,16H2,2-6H3,(H,32,37)(H2,31,33,34,35,36,38). The van der Waals surface area contributed by atoms with Gasteiger partial charge in [0, 0.05) is 29.6 Å². The molecule has 0 atom stereocenters. The van der Waals surface area contributed by atoms with Gasteiger partial charge in [0.25, 0.3) is 0 Å². The summed E-state index contributed by atoms with van der Waals surface area (Å²) in [7, 11) is 3.15. The molecule has 3 N–H and O–H groups in total. The lowest BCUT2D eigenvalue weighted by Crippen LogP contribution is -2.20. The van der Waals surface area contributed by atoms with Crippen molar-refractivity contribution in [1.29, 1.82) is 0 Å². The van der Waals surface area contributed by atoms with Gasteiger partial charge in [-0.15, -0.1) is 0 Å². The zero-order valence-electron chi connectivity index (χ0n) is 23.2. The lowest BCUT2D eigenvalue weighted by Gasteiger charge is -2.19. The molecule has 0 spiro atoms. The third kappa shape index (κ3) is 6.90. The van der Waals surface area contributed by atoms with Crippen LogP contribution in [0.25, 0.3) is 22.2 Å². The van der Waals surface area contributed by atoms with E-state index in [-0.39, 0.29) is 23.2 Å². The maximum atomic E-state index is 13.0. The molecule has 0 radical (unpaired) electrons. The molecule has 2 aromatic carbocycles. The number of hydrogen-bond donors (Lipinski definition) is 3. The number of aromatic nitrogens is 3. The summed E-state index contributed by atoms with van der Waals surface area (Å²) in [4.78, 5) is 38.6. The summed E-state index contributed by atoms with van der Waals surface area (Å²) >= 11 is 0. The van der Waals surface area contributed by atoms with Gasteiger partial charge in [-0.3, -0.25) is 9.59 Å². The largest absolute Gasteiger partial charge is 0.497 e. The summed E-state index contributed by atoms with van der Waals surface area (Å²) < 4.78 is 10.9. The van der Waals surface area contributed by atoms with Crippen molar-refractivity contribution in [3.8, 4) is 22.6 Å². The second kappa shape index (κ2) is 11.8. The van der Waals surface area contributed by atoms with Gasteiger partial charge < -0.3 is 25.4 Å². The summed E-state index contributed by atoms with van der Waals surface area (Å²) in [6.45, 7) is 9.48. The lowest BCUT2D eigenvalue weighted by molar-refractivity contribution is -0.117. The number of ether oxygens (including phenoxy) is 2. The Labute approximate surface area is 232 Å². The number of hydrogen-bond acceptors (Lipinski definition) is 8. The highest BCUT2D eigenvalue weighted by atomic mass is 16.5. The van der Waals surface area contributed by atoms with Crippen LogP contribution >= 0.6 is 0 Å². The molecule has 0 aliphatic heterocycles. The fourth-order valence-corrected chi connectivity index (χ4v) is 3.97. The fourth-order valence-electron chi connectivity index (χ4n) is 3.97. The average molecular weight is 541 g/mol. The Kier molecular flexibility index (Phi) is 8.28. The quantitative estimate of drug-likeness (QED) is 0.222. The van der Waals surface area contributed by atoms with E-state index in [1.54, 1.807) is 44.7 Å². The number of para-hydroxylation sites is 2. The van der Waals surface area contributed by atoms with Crippen molar-refractivity contribution in [2.45, 2.75) is 27.2 Å². The molecule has 0 fully saturated rings. The van der Waals surface area contributed by atoms with Crippen LogP contribution in [-0.4, -0.2) is 41.0 Å². The molecule has 0 bridgehead atoms. The van der Waals surface area contributed by atoms with Crippen molar-refractivity contribution in [1.82, 2.24) is 15.0 Å². The Morgan fingerprint density at radius 1 is 0.950 bits per heavy atom. The van der Waals surface area contributed by atoms with E-state index in [0.717, 1.165) is 5.56 Å².